The van der Waals surface area contributed by atoms with Crippen LogP contribution in [0.25, 0.3) is 0 Å². The topological polar surface area (TPSA) is 72.6 Å². The first-order valence-corrected chi connectivity index (χ1v) is 9.14. The molecule has 2 heterocycles. The van der Waals surface area contributed by atoms with Gasteiger partial charge in [-0.05, 0) is 44.4 Å². The first-order valence-electron chi connectivity index (χ1n) is 7.29. The highest BCUT2D eigenvalue weighted by atomic mass is 32.2. The molecule has 0 bridgehead atoms. The van der Waals surface area contributed by atoms with Crippen molar-refractivity contribution in [2.24, 2.45) is 11.7 Å². The summed E-state index contributed by atoms with van der Waals surface area (Å²) in [6.45, 7) is 2.10. The molecule has 0 aromatic carbocycles. The van der Waals surface area contributed by atoms with E-state index in [1.807, 2.05) is 0 Å². The monoisotopic (exact) mass is 290 g/mol. The van der Waals surface area contributed by atoms with E-state index in [-0.39, 0.29) is 12.1 Å². The maximum Gasteiger partial charge on any atom is 0.211 e. The van der Waals surface area contributed by atoms with Gasteiger partial charge < -0.3 is 10.5 Å². The van der Waals surface area contributed by atoms with Crippen molar-refractivity contribution < 1.29 is 13.2 Å². The molecule has 0 saturated carbocycles. The molecule has 2 saturated heterocycles. The Balaban J connectivity index is 1.84. The Bertz CT molecular complexity index is 379. The van der Waals surface area contributed by atoms with Crippen LogP contribution in [0, 0.1) is 5.92 Å². The molecule has 0 aromatic rings. The highest BCUT2D eigenvalue weighted by molar-refractivity contribution is 7.88. The van der Waals surface area contributed by atoms with Gasteiger partial charge >= 0.3 is 0 Å². The summed E-state index contributed by atoms with van der Waals surface area (Å²) in [6, 6.07) is 0.0461. The van der Waals surface area contributed by atoms with Crippen LogP contribution in [0.15, 0.2) is 0 Å². The van der Waals surface area contributed by atoms with E-state index in [2.05, 4.69) is 0 Å². The van der Waals surface area contributed by atoms with Crippen LogP contribution in [-0.2, 0) is 14.8 Å². The van der Waals surface area contributed by atoms with E-state index in [0.29, 0.717) is 19.0 Å². The molecule has 2 fully saturated rings. The highest BCUT2D eigenvalue weighted by Gasteiger charge is 2.29. The molecule has 112 valence electrons. The van der Waals surface area contributed by atoms with E-state index in [1.165, 1.54) is 12.7 Å². The zero-order valence-corrected chi connectivity index (χ0v) is 12.6. The number of nitrogens with two attached hydrogens (primary N) is 1. The summed E-state index contributed by atoms with van der Waals surface area (Å²) in [7, 11) is -3.06. The van der Waals surface area contributed by atoms with Gasteiger partial charge in [0.15, 0.2) is 0 Å². The normalized spacial score (nSPS) is 32.1. The SMILES string of the molecule is CS(=O)(=O)N1CCCC(CC(N)C2CCCCO2)C1. The van der Waals surface area contributed by atoms with Crippen molar-refractivity contribution in [1.29, 1.82) is 0 Å². The lowest BCUT2D eigenvalue weighted by Crippen LogP contribution is -2.44. The second-order valence-corrected chi connectivity index (χ2v) is 7.92. The van der Waals surface area contributed by atoms with E-state index in [0.717, 1.165) is 38.7 Å². The number of ether oxygens (including phenoxy) is 1. The summed E-state index contributed by atoms with van der Waals surface area (Å²) in [6.07, 6.45) is 7.72. The summed E-state index contributed by atoms with van der Waals surface area (Å²) >= 11 is 0. The van der Waals surface area contributed by atoms with Crippen molar-refractivity contribution >= 4 is 10.0 Å². The molecule has 0 aromatic heterocycles. The van der Waals surface area contributed by atoms with Crippen LogP contribution in [-0.4, -0.2) is 50.8 Å². The summed E-state index contributed by atoms with van der Waals surface area (Å²) in [5.74, 6) is 0.379. The molecule has 2 aliphatic heterocycles. The van der Waals surface area contributed by atoms with Gasteiger partial charge in [0.1, 0.15) is 0 Å². The quantitative estimate of drug-likeness (QED) is 0.836. The Hall–Kier alpha value is -0.170. The minimum absolute atomic E-state index is 0.0461. The van der Waals surface area contributed by atoms with E-state index in [9.17, 15) is 8.42 Å². The molecule has 2 N–H and O–H groups in total. The molecule has 0 radical (unpaired) electrons. The predicted octanol–water partition coefficient (Wildman–Crippen LogP) is 0.945. The van der Waals surface area contributed by atoms with Crippen molar-refractivity contribution in [2.75, 3.05) is 26.0 Å². The molecule has 6 heteroatoms. The molecule has 3 atom stereocenters. The fourth-order valence-electron chi connectivity index (χ4n) is 3.16. The van der Waals surface area contributed by atoms with Gasteiger partial charge in [-0.15, -0.1) is 0 Å². The van der Waals surface area contributed by atoms with Crippen molar-refractivity contribution in [3.8, 4) is 0 Å². The van der Waals surface area contributed by atoms with Crippen LogP contribution >= 0.6 is 0 Å². The summed E-state index contributed by atoms with van der Waals surface area (Å²) in [5, 5.41) is 0. The zero-order valence-electron chi connectivity index (χ0n) is 11.8. The smallest absolute Gasteiger partial charge is 0.211 e. The number of rotatable bonds is 4. The molecule has 0 spiro atoms. The van der Waals surface area contributed by atoms with E-state index < -0.39 is 10.0 Å². The minimum Gasteiger partial charge on any atom is -0.377 e. The molecule has 0 aliphatic carbocycles. The van der Waals surface area contributed by atoms with Crippen LogP contribution in [0.3, 0.4) is 0 Å². The largest absolute Gasteiger partial charge is 0.377 e. The lowest BCUT2D eigenvalue weighted by molar-refractivity contribution is -0.00545. The molecule has 5 nitrogen and oxygen atoms in total. The van der Waals surface area contributed by atoms with Crippen molar-refractivity contribution in [3.63, 3.8) is 0 Å². The maximum atomic E-state index is 11.6. The third-order valence-corrected chi connectivity index (χ3v) is 5.52. The molecule has 0 amide bonds. The van der Waals surface area contributed by atoms with Gasteiger partial charge in [-0.2, -0.15) is 0 Å². The predicted molar refractivity (Wildman–Crippen MR) is 75.3 cm³/mol. The standard InChI is InChI=1S/C13H26N2O3S/c1-19(16,17)15-7-4-5-11(10-15)9-12(14)13-6-2-3-8-18-13/h11-13H,2-10,14H2,1H3. The van der Waals surface area contributed by atoms with Crippen LogP contribution in [0.4, 0.5) is 0 Å². The Morgan fingerprint density at radius 3 is 2.74 bits per heavy atom. The average molecular weight is 290 g/mol. The molecule has 2 rings (SSSR count). The van der Waals surface area contributed by atoms with Crippen molar-refractivity contribution in [3.05, 3.63) is 0 Å². The number of piperidine rings is 1. The molecule has 19 heavy (non-hydrogen) atoms. The summed E-state index contributed by atoms with van der Waals surface area (Å²) < 4.78 is 30.5. The molecular formula is C13H26N2O3S. The van der Waals surface area contributed by atoms with Crippen LogP contribution in [0.5, 0.6) is 0 Å². The van der Waals surface area contributed by atoms with Gasteiger partial charge in [0.25, 0.3) is 0 Å². The second-order valence-electron chi connectivity index (χ2n) is 5.93. The molecular weight excluding hydrogens is 264 g/mol. The lowest BCUT2D eigenvalue weighted by Gasteiger charge is -2.35. The summed E-state index contributed by atoms with van der Waals surface area (Å²) in [4.78, 5) is 0. The molecule has 3 unspecified atom stereocenters. The van der Waals surface area contributed by atoms with Crippen molar-refractivity contribution in [1.82, 2.24) is 4.31 Å². The Kier molecular flexibility index (Phi) is 5.22. The average Bonchev–Trinajstić information content (AvgIpc) is 2.39. The second kappa shape index (κ2) is 6.52. The maximum absolute atomic E-state index is 11.6. The summed E-state index contributed by atoms with van der Waals surface area (Å²) in [5.41, 5.74) is 6.24. The third kappa shape index (κ3) is 4.41. The third-order valence-electron chi connectivity index (χ3n) is 4.25. The Morgan fingerprint density at radius 2 is 2.11 bits per heavy atom. The number of hydrogen-bond donors (Lipinski definition) is 1. The van der Waals surface area contributed by atoms with Gasteiger partial charge in [-0.1, -0.05) is 0 Å². The van der Waals surface area contributed by atoms with Gasteiger partial charge in [-0.3, -0.25) is 0 Å². The number of hydrogen-bond acceptors (Lipinski definition) is 4. The fourth-order valence-corrected chi connectivity index (χ4v) is 4.10. The zero-order chi connectivity index (χ0) is 13.9. The number of nitrogens with zero attached hydrogens (tertiary/aromatic N) is 1. The van der Waals surface area contributed by atoms with Gasteiger partial charge in [0, 0.05) is 25.7 Å². The van der Waals surface area contributed by atoms with Gasteiger partial charge in [0.2, 0.25) is 10.0 Å². The van der Waals surface area contributed by atoms with Crippen LogP contribution in [0.1, 0.15) is 38.5 Å². The van der Waals surface area contributed by atoms with E-state index >= 15 is 0 Å². The van der Waals surface area contributed by atoms with Gasteiger partial charge in [0.05, 0.1) is 12.4 Å². The number of sulfonamides is 1. The molecule has 2 aliphatic rings. The highest BCUT2D eigenvalue weighted by Crippen LogP contribution is 2.25. The first-order chi connectivity index (χ1) is 8.97. The van der Waals surface area contributed by atoms with Crippen LogP contribution < -0.4 is 5.73 Å². The fraction of sp³-hybridized carbons (Fsp3) is 1.00. The van der Waals surface area contributed by atoms with Crippen LogP contribution in [0.2, 0.25) is 0 Å². The van der Waals surface area contributed by atoms with E-state index in [4.69, 9.17) is 10.5 Å². The first kappa shape index (κ1) is 15.2. The Morgan fingerprint density at radius 1 is 1.32 bits per heavy atom. The van der Waals surface area contributed by atoms with E-state index in [1.54, 1.807) is 4.31 Å². The lowest BCUT2D eigenvalue weighted by atomic mass is 9.89. The van der Waals surface area contributed by atoms with Crippen molar-refractivity contribution in [2.45, 2.75) is 50.7 Å². The van der Waals surface area contributed by atoms with Gasteiger partial charge in [-0.25, -0.2) is 12.7 Å². The minimum atomic E-state index is -3.06. The Labute approximate surface area is 116 Å².